The average Bonchev–Trinajstić information content (AvgIpc) is 2.43. The minimum absolute atomic E-state index is 0.151. The number of aliphatic hydroxyl groups is 2. The van der Waals surface area contributed by atoms with Crippen LogP contribution in [0.5, 0.6) is 5.75 Å². The van der Waals surface area contributed by atoms with Gasteiger partial charge in [0.2, 0.25) is 0 Å². The van der Waals surface area contributed by atoms with Crippen LogP contribution >= 0.6 is 0 Å². The first kappa shape index (κ1) is 16.8. The summed E-state index contributed by atoms with van der Waals surface area (Å²) in [6, 6.07) is 3.47. The fourth-order valence-corrected chi connectivity index (χ4v) is 2.53. The van der Waals surface area contributed by atoms with Crippen molar-refractivity contribution in [3.05, 3.63) is 28.8 Å². The molecule has 1 aromatic rings. The summed E-state index contributed by atoms with van der Waals surface area (Å²) in [5.74, 6) is 3.10. The van der Waals surface area contributed by atoms with E-state index in [-0.39, 0.29) is 13.2 Å². The third kappa shape index (κ3) is 3.86. The number of rotatable bonds is 6. The normalized spacial score (nSPS) is 11.5. The summed E-state index contributed by atoms with van der Waals surface area (Å²) in [7, 11) is -1.48. The van der Waals surface area contributed by atoms with E-state index in [1.807, 2.05) is 0 Å². The van der Waals surface area contributed by atoms with Crippen LogP contribution < -0.4 is 4.74 Å². The Bertz CT molecular complexity index is 476. The number of ether oxygens (including phenoxy) is 1. The average molecular weight is 292 g/mol. The van der Waals surface area contributed by atoms with Crippen LogP contribution in [-0.4, -0.2) is 24.5 Å². The Morgan fingerprint density at radius 3 is 2.05 bits per heavy atom. The molecule has 4 heteroatoms. The first-order valence-corrected chi connectivity index (χ1v) is 10.1. The standard InChI is InChI=1S/C16H24O3Si/c1-6-13-7-14(9-17)16(15(8-13)10-18)19-11-20(4,5)12(2)3/h1,7-8,12,17-18H,9-11H2,2-5H3. The van der Waals surface area contributed by atoms with E-state index < -0.39 is 8.07 Å². The molecule has 0 aliphatic rings. The Balaban J connectivity index is 3.08. The summed E-state index contributed by atoms with van der Waals surface area (Å²) < 4.78 is 5.95. The number of hydrogen-bond acceptors (Lipinski definition) is 3. The third-order valence-electron chi connectivity index (χ3n) is 3.90. The highest BCUT2D eigenvalue weighted by molar-refractivity contribution is 6.78. The van der Waals surface area contributed by atoms with E-state index in [1.54, 1.807) is 12.1 Å². The molecule has 0 saturated heterocycles. The van der Waals surface area contributed by atoms with Crippen LogP contribution in [0.2, 0.25) is 18.6 Å². The molecule has 0 aliphatic heterocycles. The van der Waals surface area contributed by atoms with Crippen molar-refractivity contribution in [1.29, 1.82) is 0 Å². The molecule has 0 atom stereocenters. The van der Waals surface area contributed by atoms with Crippen LogP contribution in [0.25, 0.3) is 0 Å². The monoisotopic (exact) mass is 292 g/mol. The molecule has 1 aromatic carbocycles. The second kappa shape index (κ2) is 6.94. The molecule has 0 aliphatic carbocycles. The van der Waals surface area contributed by atoms with Gasteiger partial charge in [-0.2, -0.15) is 0 Å². The number of aliphatic hydroxyl groups excluding tert-OH is 2. The van der Waals surface area contributed by atoms with Crippen LogP contribution in [0.3, 0.4) is 0 Å². The second-order valence-corrected chi connectivity index (χ2v) is 11.4. The molecule has 0 heterocycles. The molecule has 0 fully saturated rings. The Labute approximate surface area is 122 Å². The predicted octanol–water partition coefficient (Wildman–Crippen LogP) is 2.69. The second-order valence-electron chi connectivity index (χ2n) is 6.02. The first-order chi connectivity index (χ1) is 9.35. The highest BCUT2D eigenvalue weighted by Gasteiger charge is 2.27. The van der Waals surface area contributed by atoms with E-state index >= 15 is 0 Å². The molecule has 110 valence electrons. The lowest BCUT2D eigenvalue weighted by Gasteiger charge is -2.27. The minimum Gasteiger partial charge on any atom is -0.496 e. The molecule has 0 amide bonds. The van der Waals surface area contributed by atoms with Crippen molar-refractivity contribution in [2.75, 3.05) is 6.23 Å². The molecule has 0 radical (unpaired) electrons. The largest absolute Gasteiger partial charge is 0.496 e. The van der Waals surface area contributed by atoms with Crippen molar-refractivity contribution < 1.29 is 14.9 Å². The minimum atomic E-state index is -1.48. The van der Waals surface area contributed by atoms with Gasteiger partial charge >= 0.3 is 0 Å². The van der Waals surface area contributed by atoms with Gasteiger partial charge in [-0.05, 0) is 17.7 Å². The van der Waals surface area contributed by atoms with Gasteiger partial charge in [0.05, 0.1) is 27.5 Å². The maximum Gasteiger partial charge on any atom is 0.129 e. The van der Waals surface area contributed by atoms with Gasteiger partial charge in [-0.25, -0.2) is 0 Å². The van der Waals surface area contributed by atoms with Crippen molar-refractivity contribution in [3.63, 3.8) is 0 Å². The maximum atomic E-state index is 9.48. The predicted molar refractivity (Wildman–Crippen MR) is 84.3 cm³/mol. The quantitative estimate of drug-likeness (QED) is 0.626. The topological polar surface area (TPSA) is 49.7 Å². The van der Waals surface area contributed by atoms with E-state index in [0.29, 0.717) is 34.2 Å². The highest BCUT2D eigenvalue weighted by atomic mass is 28.3. The zero-order chi connectivity index (χ0) is 15.3. The maximum absolute atomic E-state index is 9.48. The van der Waals surface area contributed by atoms with Gasteiger partial charge in [0.15, 0.2) is 0 Å². The van der Waals surface area contributed by atoms with Crippen molar-refractivity contribution >= 4 is 8.07 Å². The summed E-state index contributed by atoms with van der Waals surface area (Å²) in [5, 5.41) is 19.0. The zero-order valence-electron chi connectivity index (χ0n) is 12.7. The number of benzene rings is 1. The SMILES string of the molecule is C#Cc1cc(CO)c(OC[Si](C)(C)C(C)C)c(CO)c1. The molecule has 0 aromatic heterocycles. The molecule has 3 nitrogen and oxygen atoms in total. The van der Waals surface area contributed by atoms with Gasteiger partial charge in [-0.1, -0.05) is 32.9 Å². The molecule has 2 N–H and O–H groups in total. The summed E-state index contributed by atoms with van der Waals surface area (Å²) >= 11 is 0. The summed E-state index contributed by atoms with van der Waals surface area (Å²) in [6.45, 7) is 8.65. The number of terminal acetylenes is 1. The summed E-state index contributed by atoms with van der Waals surface area (Å²) in [4.78, 5) is 0. The van der Waals surface area contributed by atoms with Gasteiger partial charge in [-0.3, -0.25) is 0 Å². The molecule has 0 saturated carbocycles. The van der Waals surface area contributed by atoms with Crippen LogP contribution in [-0.2, 0) is 13.2 Å². The molecule has 20 heavy (non-hydrogen) atoms. The lowest BCUT2D eigenvalue weighted by Crippen LogP contribution is -2.38. The smallest absolute Gasteiger partial charge is 0.129 e. The summed E-state index contributed by atoms with van der Waals surface area (Å²) in [6.07, 6.45) is 6.04. The van der Waals surface area contributed by atoms with Gasteiger partial charge in [0.1, 0.15) is 5.75 Å². The molecule has 0 spiro atoms. The van der Waals surface area contributed by atoms with E-state index in [9.17, 15) is 10.2 Å². The lowest BCUT2D eigenvalue weighted by atomic mass is 10.0. The molecular formula is C16H24O3Si. The molecule has 0 bridgehead atoms. The Kier molecular flexibility index (Phi) is 5.82. The van der Waals surface area contributed by atoms with Crippen molar-refractivity contribution in [3.8, 4) is 18.1 Å². The Hall–Kier alpha value is -1.28. The van der Waals surface area contributed by atoms with Crippen molar-refractivity contribution in [2.45, 2.75) is 45.7 Å². The first-order valence-electron chi connectivity index (χ1n) is 6.82. The lowest BCUT2D eigenvalue weighted by molar-refractivity contribution is 0.257. The van der Waals surface area contributed by atoms with Crippen molar-refractivity contribution in [2.24, 2.45) is 0 Å². The Morgan fingerprint density at radius 2 is 1.70 bits per heavy atom. The van der Waals surface area contributed by atoms with E-state index in [4.69, 9.17) is 11.2 Å². The molecule has 1 rings (SSSR count). The Morgan fingerprint density at radius 1 is 1.20 bits per heavy atom. The van der Waals surface area contributed by atoms with Crippen LogP contribution in [0.15, 0.2) is 12.1 Å². The van der Waals surface area contributed by atoms with Gasteiger partial charge in [-0.15, -0.1) is 6.42 Å². The third-order valence-corrected chi connectivity index (χ3v) is 7.92. The zero-order valence-corrected chi connectivity index (χ0v) is 13.7. The fraction of sp³-hybridized carbons (Fsp3) is 0.500. The summed E-state index contributed by atoms with van der Waals surface area (Å²) in [5.41, 5.74) is 2.52. The molecule has 0 unspecified atom stereocenters. The van der Waals surface area contributed by atoms with Crippen molar-refractivity contribution in [1.82, 2.24) is 0 Å². The fourth-order valence-electron chi connectivity index (χ4n) is 1.68. The van der Waals surface area contributed by atoms with Crippen LogP contribution in [0, 0.1) is 12.3 Å². The van der Waals surface area contributed by atoms with Crippen LogP contribution in [0.4, 0.5) is 0 Å². The van der Waals surface area contributed by atoms with Gasteiger partial charge in [0, 0.05) is 16.7 Å². The van der Waals surface area contributed by atoms with E-state index in [1.165, 1.54) is 0 Å². The highest BCUT2D eigenvalue weighted by Crippen LogP contribution is 2.29. The van der Waals surface area contributed by atoms with E-state index in [2.05, 4.69) is 32.9 Å². The van der Waals surface area contributed by atoms with Crippen LogP contribution in [0.1, 0.15) is 30.5 Å². The molecular weight excluding hydrogens is 268 g/mol. The van der Waals surface area contributed by atoms with E-state index in [0.717, 1.165) is 0 Å². The number of hydrogen-bond donors (Lipinski definition) is 2. The van der Waals surface area contributed by atoms with Gasteiger partial charge < -0.3 is 14.9 Å². The van der Waals surface area contributed by atoms with Gasteiger partial charge in [0.25, 0.3) is 0 Å².